The number of hydrogen-bond acceptors (Lipinski definition) is 4. The molecular weight excluding hydrogens is 332 g/mol. The molecule has 0 unspecified atom stereocenters. The van der Waals surface area contributed by atoms with E-state index in [1.165, 1.54) is 11.6 Å². The summed E-state index contributed by atoms with van der Waals surface area (Å²) in [6.07, 6.45) is 2.05. The summed E-state index contributed by atoms with van der Waals surface area (Å²) >= 11 is 1.57. The zero-order valence-electron chi connectivity index (χ0n) is 13.9. The van der Waals surface area contributed by atoms with Crippen LogP contribution in [-0.4, -0.2) is 15.7 Å². The number of thioether (sulfide) groups is 1. The van der Waals surface area contributed by atoms with Gasteiger partial charge in [0, 0.05) is 11.8 Å². The Kier molecular flexibility index (Phi) is 6.29. The smallest absolute Gasteiger partial charge is 0.251 e. The van der Waals surface area contributed by atoms with Crippen LogP contribution in [0.4, 0.5) is 0 Å². The quantitative estimate of drug-likeness (QED) is 0.377. The number of hydrogen-bond donors (Lipinski definition) is 1. The van der Waals surface area contributed by atoms with Crippen LogP contribution in [0.1, 0.15) is 17.7 Å². The van der Waals surface area contributed by atoms with E-state index in [9.17, 15) is 4.79 Å². The van der Waals surface area contributed by atoms with E-state index in [0.717, 1.165) is 24.3 Å². The van der Waals surface area contributed by atoms with Gasteiger partial charge in [-0.05, 0) is 30.5 Å². The first-order chi connectivity index (χ1) is 12.3. The number of aromatic nitrogens is 2. The summed E-state index contributed by atoms with van der Waals surface area (Å²) < 4.78 is 5.66. The van der Waals surface area contributed by atoms with Gasteiger partial charge in [-0.15, -0.1) is 0 Å². The monoisotopic (exact) mass is 352 g/mol. The summed E-state index contributed by atoms with van der Waals surface area (Å²) in [5, 5.41) is 0.646. The number of ether oxygens (including phenoxy) is 1. The minimum Gasteiger partial charge on any atom is -0.487 e. The van der Waals surface area contributed by atoms with Crippen LogP contribution in [-0.2, 0) is 13.0 Å². The predicted octanol–water partition coefficient (Wildman–Crippen LogP) is 4.07. The van der Waals surface area contributed by atoms with E-state index in [0.29, 0.717) is 10.9 Å². The summed E-state index contributed by atoms with van der Waals surface area (Å²) in [6.45, 7) is 0.283. The minimum atomic E-state index is -0.146. The van der Waals surface area contributed by atoms with Gasteiger partial charge in [-0.1, -0.05) is 60.3 Å². The first-order valence-corrected chi connectivity index (χ1v) is 9.23. The second kappa shape index (κ2) is 9.08. The SMILES string of the molecule is O=c1cc(COc2ccccc2)nc(SCCCc2ccccc2)[nH]1. The molecule has 0 aliphatic rings. The van der Waals surface area contributed by atoms with E-state index < -0.39 is 0 Å². The Hall–Kier alpha value is -2.53. The highest BCUT2D eigenvalue weighted by atomic mass is 32.2. The second-order valence-electron chi connectivity index (χ2n) is 5.58. The highest BCUT2D eigenvalue weighted by molar-refractivity contribution is 7.99. The Morgan fingerprint density at radius 1 is 1.00 bits per heavy atom. The van der Waals surface area contributed by atoms with E-state index >= 15 is 0 Å². The van der Waals surface area contributed by atoms with Crippen LogP contribution in [0.3, 0.4) is 0 Å². The normalized spacial score (nSPS) is 10.6. The molecule has 4 nitrogen and oxygen atoms in total. The van der Waals surface area contributed by atoms with Gasteiger partial charge in [0.1, 0.15) is 12.4 Å². The number of para-hydroxylation sites is 1. The number of nitrogens with one attached hydrogen (secondary N) is 1. The molecule has 1 heterocycles. The molecule has 128 valence electrons. The number of H-pyrrole nitrogens is 1. The summed E-state index contributed by atoms with van der Waals surface area (Å²) in [4.78, 5) is 19.1. The molecular formula is C20H20N2O2S. The molecule has 25 heavy (non-hydrogen) atoms. The van der Waals surface area contributed by atoms with Gasteiger partial charge in [0.15, 0.2) is 5.16 Å². The largest absolute Gasteiger partial charge is 0.487 e. The second-order valence-corrected chi connectivity index (χ2v) is 6.66. The molecule has 3 aromatic rings. The van der Waals surface area contributed by atoms with E-state index in [2.05, 4.69) is 34.2 Å². The maximum atomic E-state index is 11.8. The first kappa shape index (κ1) is 17.3. The lowest BCUT2D eigenvalue weighted by atomic mass is 10.1. The first-order valence-electron chi connectivity index (χ1n) is 8.24. The summed E-state index contributed by atoms with van der Waals surface area (Å²) in [5.41, 5.74) is 1.82. The fourth-order valence-corrected chi connectivity index (χ4v) is 3.23. The van der Waals surface area contributed by atoms with E-state index in [1.807, 2.05) is 36.4 Å². The van der Waals surface area contributed by atoms with Crippen molar-refractivity contribution >= 4 is 11.8 Å². The van der Waals surface area contributed by atoms with Gasteiger partial charge in [-0.2, -0.15) is 0 Å². The lowest BCUT2D eigenvalue weighted by Gasteiger charge is -2.07. The molecule has 2 aromatic carbocycles. The maximum absolute atomic E-state index is 11.8. The lowest BCUT2D eigenvalue weighted by molar-refractivity contribution is 0.299. The van der Waals surface area contributed by atoms with Crippen molar-refractivity contribution in [3.05, 3.63) is 88.3 Å². The summed E-state index contributed by atoms with van der Waals surface area (Å²) in [5.74, 6) is 1.67. The molecule has 3 rings (SSSR count). The van der Waals surface area contributed by atoms with Crippen molar-refractivity contribution in [3.8, 4) is 5.75 Å². The van der Waals surface area contributed by atoms with Crippen LogP contribution in [0.15, 0.2) is 76.7 Å². The van der Waals surface area contributed by atoms with Crippen molar-refractivity contribution in [1.82, 2.24) is 9.97 Å². The molecule has 0 radical (unpaired) electrons. The fourth-order valence-electron chi connectivity index (χ4n) is 2.39. The van der Waals surface area contributed by atoms with Crippen molar-refractivity contribution < 1.29 is 4.74 Å². The van der Waals surface area contributed by atoms with Crippen LogP contribution in [0.5, 0.6) is 5.75 Å². The topological polar surface area (TPSA) is 55.0 Å². The Morgan fingerprint density at radius 3 is 2.48 bits per heavy atom. The van der Waals surface area contributed by atoms with Gasteiger partial charge >= 0.3 is 0 Å². The zero-order chi connectivity index (χ0) is 17.3. The average molecular weight is 352 g/mol. The molecule has 1 aromatic heterocycles. The summed E-state index contributed by atoms with van der Waals surface area (Å²) in [7, 11) is 0. The van der Waals surface area contributed by atoms with Gasteiger partial charge in [0.2, 0.25) is 0 Å². The Labute approximate surface area is 151 Å². The molecule has 0 amide bonds. The van der Waals surface area contributed by atoms with Gasteiger partial charge in [0.25, 0.3) is 5.56 Å². The highest BCUT2D eigenvalue weighted by Crippen LogP contribution is 2.15. The highest BCUT2D eigenvalue weighted by Gasteiger charge is 2.04. The Morgan fingerprint density at radius 2 is 1.72 bits per heavy atom. The van der Waals surface area contributed by atoms with Gasteiger partial charge in [-0.3, -0.25) is 4.79 Å². The number of rotatable bonds is 8. The van der Waals surface area contributed by atoms with Crippen LogP contribution in [0, 0.1) is 0 Å². The third-order valence-electron chi connectivity index (χ3n) is 3.59. The molecule has 0 saturated heterocycles. The predicted molar refractivity (Wildman–Crippen MR) is 101 cm³/mol. The van der Waals surface area contributed by atoms with Crippen molar-refractivity contribution in [2.24, 2.45) is 0 Å². The zero-order valence-corrected chi connectivity index (χ0v) is 14.7. The molecule has 1 N–H and O–H groups in total. The van der Waals surface area contributed by atoms with Crippen molar-refractivity contribution in [3.63, 3.8) is 0 Å². The third-order valence-corrected chi connectivity index (χ3v) is 4.55. The van der Waals surface area contributed by atoms with Crippen LogP contribution in [0.2, 0.25) is 0 Å². The van der Waals surface area contributed by atoms with Crippen LogP contribution < -0.4 is 10.3 Å². The van der Waals surface area contributed by atoms with Crippen molar-refractivity contribution in [1.29, 1.82) is 0 Å². The Bertz CT molecular complexity index is 835. The Balaban J connectivity index is 1.51. The average Bonchev–Trinajstić information content (AvgIpc) is 2.65. The molecule has 0 saturated carbocycles. The van der Waals surface area contributed by atoms with Crippen LogP contribution in [0.25, 0.3) is 0 Å². The van der Waals surface area contributed by atoms with Gasteiger partial charge in [0.05, 0.1) is 5.69 Å². The van der Waals surface area contributed by atoms with Crippen molar-refractivity contribution in [2.45, 2.75) is 24.6 Å². The van der Waals surface area contributed by atoms with E-state index in [1.54, 1.807) is 11.8 Å². The maximum Gasteiger partial charge on any atom is 0.251 e. The van der Waals surface area contributed by atoms with Gasteiger partial charge in [-0.25, -0.2) is 4.98 Å². The van der Waals surface area contributed by atoms with E-state index in [-0.39, 0.29) is 12.2 Å². The number of nitrogens with zero attached hydrogens (tertiary/aromatic N) is 1. The minimum absolute atomic E-state index is 0.146. The lowest BCUT2D eigenvalue weighted by Crippen LogP contribution is -2.11. The van der Waals surface area contributed by atoms with Gasteiger partial charge < -0.3 is 9.72 Å². The summed E-state index contributed by atoms with van der Waals surface area (Å²) in [6, 6.07) is 21.4. The molecule has 5 heteroatoms. The molecule has 0 aliphatic heterocycles. The molecule has 0 aliphatic carbocycles. The molecule has 0 atom stereocenters. The third kappa shape index (κ3) is 5.80. The standard InChI is InChI=1S/C20H20N2O2S/c23-19-14-17(15-24-18-11-5-2-6-12-18)21-20(22-19)25-13-7-10-16-8-3-1-4-9-16/h1-6,8-9,11-12,14H,7,10,13,15H2,(H,21,22,23). The number of benzene rings is 2. The molecule has 0 fully saturated rings. The van der Waals surface area contributed by atoms with E-state index in [4.69, 9.17) is 4.74 Å². The number of aromatic amines is 1. The molecule has 0 bridgehead atoms. The molecule has 0 spiro atoms. The van der Waals surface area contributed by atoms with Crippen molar-refractivity contribution in [2.75, 3.05) is 5.75 Å². The van der Waals surface area contributed by atoms with Crippen LogP contribution >= 0.6 is 11.8 Å². The fraction of sp³-hybridized carbons (Fsp3) is 0.200. The number of aryl methyl sites for hydroxylation is 1.